The van der Waals surface area contributed by atoms with Crippen LogP contribution in [0, 0.1) is 5.82 Å². The third-order valence-electron chi connectivity index (χ3n) is 5.81. The molecule has 2 aliphatic heterocycles. The van der Waals surface area contributed by atoms with Gasteiger partial charge >= 0.3 is 10.1 Å². The van der Waals surface area contributed by atoms with Crippen LogP contribution in [0.5, 0.6) is 5.75 Å². The van der Waals surface area contributed by atoms with Crippen LogP contribution in [0.3, 0.4) is 0 Å². The Hall–Kier alpha value is -2.70. The molecule has 29 heavy (non-hydrogen) atoms. The highest BCUT2D eigenvalue weighted by Gasteiger charge is 2.33. The number of hydrogen-bond donors (Lipinski definition) is 0. The normalized spacial score (nSPS) is 18.4. The van der Waals surface area contributed by atoms with Crippen molar-refractivity contribution in [2.45, 2.75) is 30.3 Å². The summed E-state index contributed by atoms with van der Waals surface area (Å²) < 4.78 is 44.3. The van der Waals surface area contributed by atoms with Gasteiger partial charge in [-0.25, -0.2) is 4.39 Å². The summed E-state index contributed by atoms with van der Waals surface area (Å²) in [4.78, 5) is 2.20. The van der Waals surface area contributed by atoms with Crippen molar-refractivity contribution < 1.29 is 17.0 Å². The van der Waals surface area contributed by atoms with Gasteiger partial charge in [0.2, 0.25) is 0 Å². The zero-order valence-electron chi connectivity index (χ0n) is 15.7. The maximum atomic E-state index is 13.5. The molecule has 0 spiro atoms. The van der Waals surface area contributed by atoms with Gasteiger partial charge in [-0.15, -0.1) is 0 Å². The molecule has 0 amide bonds. The minimum Gasteiger partial charge on any atom is -0.379 e. The molecule has 0 aromatic heterocycles. The summed E-state index contributed by atoms with van der Waals surface area (Å²) in [6.45, 7) is 1.55. The molecule has 3 aromatic carbocycles. The van der Waals surface area contributed by atoms with Crippen LogP contribution in [0.1, 0.15) is 28.3 Å². The fourth-order valence-electron chi connectivity index (χ4n) is 4.39. The second-order valence-corrected chi connectivity index (χ2v) is 9.07. The zero-order chi connectivity index (χ0) is 20.0. The van der Waals surface area contributed by atoms with Gasteiger partial charge in [0.25, 0.3) is 0 Å². The van der Waals surface area contributed by atoms with Crippen molar-refractivity contribution in [3.05, 3.63) is 94.8 Å². The number of benzene rings is 3. The largest absolute Gasteiger partial charge is 0.379 e. The average Bonchev–Trinajstić information content (AvgIpc) is 2.72. The van der Waals surface area contributed by atoms with E-state index in [-0.39, 0.29) is 4.90 Å². The lowest BCUT2D eigenvalue weighted by Crippen LogP contribution is -2.39. The van der Waals surface area contributed by atoms with Gasteiger partial charge in [-0.3, -0.25) is 4.90 Å². The fourth-order valence-corrected chi connectivity index (χ4v) is 5.38. The second kappa shape index (κ2) is 6.97. The van der Waals surface area contributed by atoms with Gasteiger partial charge in [0.05, 0.1) is 0 Å². The topological polar surface area (TPSA) is 46.6 Å². The average molecular weight is 409 g/mol. The number of hydrogen-bond acceptors (Lipinski definition) is 4. The molecule has 2 aliphatic rings. The molecule has 3 aromatic rings. The van der Waals surface area contributed by atoms with Crippen LogP contribution in [0.15, 0.2) is 71.6 Å². The molecule has 0 N–H and O–H groups in total. The maximum absolute atomic E-state index is 13.5. The summed E-state index contributed by atoms with van der Waals surface area (Å²) in [5.41, 5.74) is 4.72. The molecule has 0 saturated heterocycles. The van der Waals surface area contributed by atoms with Gasteiger partial charge in [0.1, 0.15) is 16.5 Å². The molecular weight excluding hydrogens is 389 g/mol. The van der Waals surface area contributed by atoms with Crippen LogP contribution in [-0.4, -0.2) is 19.9 Å². The molecule has 0 aliphatic carbocycles. The fraction of sp³-hybridized carbons (Fsp3) is 0.217. The summed E-state index contributed by atoms with van der Waals surface area (Å²) in [7, 11) is -4.11. The lowest BCUT2D eigenvalue weighted by Gasteiger charge is -2.41. The standard InChI is InChI=1S/C23H20FNO3S/c24-18-7-4-8-19(14-18)29(26,27)28-23-10-3-6-17-13-22-20-9-2-1-5-16(20)11-12-25(22)15-21(17)23/h1-10,14,22H,11-13,15H2. The maximum Gasteiger partial charge on any atom is 0.339 e. The number of nitrogens with zero attached hydrogens (tertiary/aromatic N) is 1. The van der Waals surface area contributed by atoms with Gasteiger partial charge in [0, 0.05) is 24.7 Å². The third kappa shape index (κ3) is 3.32. The smallest absolute Gasteiger partial charge is 0.339 e. The Morgan fingerprint density at radius 3 is 2.62 bits per heavy atom. The van der Waals surface area contributed by atoms with E-state index in [9.17, 15) is 12.8 Å². The third-order valence-corrected chi connectivity index (χ3v) is 7.04. The minimum absolute atomic E-state index is 0.185. The van der Waals surface area contributed by atoms with E-state index in [0.29, 0.717) is 18.3 Å². The van der Waals surface area contributed by atoms with Crippen molar-refractivity contribution in [2.24, 2.45) is 0 Å². The molecule has 148 valence electrons. The van der Waals surface area contributed by atoms with E-state index in [1.807, 2.05) is 12.1 Å². The molecule has 1 atom stereocenters. The molecule has 6 heteroatoms. The van der Waals surface area contributed by atoms with Gasteiger partial charge in [-0.05, 0) is 53.8 Å². The first-order valence-electron chi connectivity index (χ1n) is 9.64. The van der Waals surface area contributed by atoms with Gasteiger partial charge in [-0.1, -0.05) is 42.5 Å². The van der Waals surface area contributed by atoms with Crippen molar-refractivity contribution in [3.63, 3.8) is 0 Å². The summed E-state index contributed by atoms with van der Waals surface area (Å²) in [6.07, 6.45) is 1.79. The summed E-state index contributed by atoms with van der Waals surface area (Å²) in [6, 6.07) is 19.2. The Morgan fingerprint density at radius 2 is 1.76 bits per heavy atom. The van der Waals surface area contributed by atoms with Crippen LogP contribution in [0.25, 0.3) is 0 Å². The first-order valence-corrected chi connectivity index (χ1v) is 11.0. The summed E-state index contributed by atoms with van der Waals surface area (Å²) in [5.74, 6) is -0.288. The Kier molecular flexibility index (Phi) is 4.41. The molecule has 1 unspecified atom stereocenters. The highest BCUT2D eigenvalue weighted by atomic mass is 32.2. The van der Waals surface area contributed by atoms with Crippen LogP contribution in [0.4, 0.5) is 4.39 Å². The van der Waals surface area contributed by atoms with Crippen molar-refractivity contribution in [1.82, 2.24) is 4.90 Å². The van der Waals surface area contributed by atoms with Gasteiger partial charge in [-0.2, -0.15) is 8.42 Å². The van der Waals surface area contributed by atoms with Crippen molar-refractivity contribution in [3.8, 4) is 5.75 Å². The van der Waals surface area contributed by atoms with E-state index in [1.165, 1.54) is 29.3 Å². The summed E-state index contributed by atoms with van der Waals surface area (Å²) >= 11 is 0. The highest BCUT2D eigenvalue weighted by molar-refractivity contribution is 7.87. The van der Waals surface area contributed by atoms with E-state index in [4.69, 9.17) is 4.18 Å². The van der Waals surface area contributed by atoms with Crippen LogP contribution in [-0.2, 0) is 29.5 Å². The van der Waals surface area contributed by atoms with E-state index >= 15 is 0 Å². The minimum atomic E-state index is -4.11. The Labute approximate surface area is 169 Å². The second-order valence-electron chi connectivity index (χ2n) is 7.53. The molecule has 0 bridgehead atoms. The quantitative estimate of drug-likeness (QED) is 0.607. The first kappa shape index (κ1) is 18.3. The van der Waals surface area contributed by atoms with Crippen LogP contribution < -0.4 is 4.18 Å². The predicted molar refractivity (Wildman–Crippen MR) is 108 cm³/mol. The van der Waals surface area contributed by atoms with E-state index in [0.717, 1.165) is 36.6 Å². The molecular formula is C23H20FNO3S. The monoisotopic (exact) mass is 409 g/mol. The van der Waals surface area contributed by atoms with Crippen molar-refractivity contribution in [1.29, 1.82) is 0 Å². The van der Waals surface area contributed by atoms with Gasteiger partial charge in [0.15, 0.2) is 0 Å². The zero-order valence-corrected chi connectivity index (χ0v) is 16.5. The Balaban J connectivity index is 1.49. The first-order chi connectivity index (χ1) is 14.0. The van der Waals surface area contributed by atoms with E-state index in [1.54, 1.807) is 6.07 Å². The Bertz CT molecular complexity index is 1190. The summed E-state index contributed by atoms with van der Waals surface area (Å²) in [5, 5.41) is 0. The molecule has 4 nitrogen and oxygen atoms in total. The number of rotatable bonds is 3. The predicted octanol–water partition coefficient (Wildman–Crippen LogP) is 4.25. The lowest BCUT2D eigenvalue weighted by molar-refractivity contribution is 0.159. The molecule has 0 saturated carbocycles. The van der Waals surface area contributed by atoms with Gasteiger partial charge < -0.3 is 4.18 Å². The van der Waals surface area contributed by atoms with Crippen molar-refractivity contribution in [2.75, 3.05) is 6.54 Å². The number of fused-ring (bicyclic) bond motifs is 4. The van der Waals surface area contributed by atoms with Crippen LogP contribution >= 0.6 is 0 Å². The highest BCUT2D eigenvalue weighted by Crippen LogP contribution is 2.41. The molecule has 0 fully saturated rings. The molecule has 0 radical (unpaired) electrons. The van der Waals surface area contributed by atoms with Crippen LogP contribution in [0.2, 0.25) is 0 Å². The SMILES string of the molecule is O=S(=O)(Oc1cccc2c1CN1CCc3ccccc3C1C2)c1cccc(F)c1. The van der Waals surface area contributed by atoms with E-state index in [2.05, 4.69) is 29.2 Å². The lowest BCUT2D eigenvalue weighted by atomic mass is 9.84. The molecule has 2 heterocycles. The van der Waals surface area contributed by atoms with Crippen molar-refractivity contribution >= 4 is 10.1 Å². The number of halogens is 1. The Morgan fingerprint density at radius 1 is 0.966 bits per heavy atom. The molecule has 5 rings (SSSR count). The van der Waals surface area contributed by atoms with E-state index < -0.39 is 15.9 Å².